The molecule has 1 N–H and O–H groups in total. The lowest BCUT2D eigenvalue weighted by Crippen LogP contribution is -2.45. The number of hydrogen-bond donors (Lipinski definition) is 1. The zero-order chi connectivity index (χ0) is 17.8. The number of ether oxygens (including phenoxy) is 3. The van der Waals surface area contributed by atoms with Gasteiger partial charge in [-0.2, -0.15) is 10.1 Å². The van der Waals surface area contributed by atoms with Crippen molar-refractivity contribution in [3.63, 3.8) is 0 Å². The molecular formula is C18H23N5O3. The Balaban J connectivity index is 1.40. The highest BCUT2D eigenvalue weighted by Crippen LogP contribution is 2.32. The second-order valence-electron chi connectivity index (χ2n) is 6.32. The van der Waals surface area contributed by atoms with Crippen LogP contribution in [-0.4, -0.2) is 53.9 Å². The van der Waals surface area contributed by atoms with Gasteiger partial charge >= 0.3 is 0 Å². The lowest BCUT2D eigenvalue weighted by molar-refractivity contribution is -0.169. The first-order valence-electron chi connectivity index (χ1n) is 8.99. The Morgan fingerprint density at radius 3 is 2.58 bits per heavy atom. The van der Waals surface area contributed by atoms with Crippen molar-refractivity contribution in [3.05, 3.63) is 30.5 Å². The Labute approximate surface area is 152 Å². The second kappa shape index (κ2) is 7.43. The maximum Gasteiger partial charge on any atom is 0.249 e. The molecule has 0 unspecified atom stereocenters. The van der Waals surface area contributed by atoms with Crippen molar-refractivity contribution in [1.29, 1.82) is 0 Å². The quantitative estimate of drug-likeness (QED) is 0.873. The molecule has 0 saturated carbocycles. The summed E-state index contributed by atoms with van der Waals surface area (Å²) in [6, 6.07) is 7.69. The molecule has 3 heterocycles. The molecule has 0 aliphatic carbocycles. The van der Waals surface area contributed by atoms with Crippen molar-refractivity contribution in [2.45, 2.75) is 25.6 Å². The predicted octanol–water partition coefficient (Wildman–Crippen LogP) is 2.36. The van der Waals surface area contributed by atoms with E-state index in [-0.39, 0.29) is 5.79 Å². The van der Waals surface area contributed by atoms with E-state index in [2.05, 4.69) is 25.4 Å². The minimum Gasteiger partial charge on any atom is -0.494 e. The second-order valence-corrected chi connectivity index (χ2v) is 6.32. The van der Waals surface area contributed by atoms with Crippen molar-refractivity contribution in [1.82, 2.24) is 15.2 Å². The van der Waals surface area contributed by atoms with Crippen molar-refractivity contribution in [2.24, 2.45) is 0 Å². The molecule has 8 nitrogen and oxygen atoms in total. The Kier molecular flexibility index (Phi) is 4.85. The maximum atomic E-state index is 5.78. The third kappa shape index (κ3) is 3.71. The number of anilines is 3. The highest BCUT2D eigenvalue weighted by Gasteiger charge is 2.40. The summed E-state index contributed by atoms with van der Waals surface area (Å²) in [7, 11) is 0. The molecule has 26 heavy (non-hydrogen) atoms. The zero-order valence-corrected chi connectivity index (χ0v) is 14.9. The topological polar surface area (TPSA) is 81.6 Å². The summed E-state index contributed by atoms with van der Waals surface area (Å²) in [4.78, 5) is 6.78. The lowest BCUT2D eigenvalue weighted by atomic mass is 10.0. The number of hydrogen-bond acceptors (Lipinski definition) is 8. The van der Waals surface area contributed by atoms with Crippen LogP contribution in [0.25, 0.3) is 0 Å². The number of piperidine rings is 1. The van der Waals surface area contributed by atoms with E-state index in [9.17, 15) is 0 Å². The van der Waals surface area contributed by atoms with Gasteiger partial charge in [-0.3, -0.25) is 0 Å². The van der Waals surface area contributed by atoms with Gasteiger partial charge in [0, 0.05) is 31.6 Å². The van der Waals surface area contributed by atoms with E-state index < -0.39 is 0 Å². The van der Waals surface area contributed by atoms with E-state index in [1.165, 1.54) is 0 Å². The molecule has 2 saturated heterocycles. The smallest absolute Gasteiger partial charge is 0.249 e. The minimum atomic E-state index is -0.389. The Bertz CT molecular complexity index is 724. The van der Waals surface area contributed by atoms with Crippen molar-refractivity contribution < 1.29 is 14.2 Å². The molecule has 8 heteroatoms. The summed E-state index contributed by atoms with van der Waals surface area (Å²) in [5.41, 5.74) is 0.887. The molecule has 0 atom stereocenters. The SMILES string of the molecule is CCOc1ccc(Nc2nncc(N3CCC4(CC3)OCCO4)n2)cc1. The molecule has 2 aliphatic rings. The molecular weight excluding hydrogens is 334 g/mol. The predicted molar refractivity (Wildman–Crippen MR) is 96.8 cm³/mol. The Morgan fingerprint density at radius 1 is 1.15 bits per heavy atom. The maximum absolute atomic E-state index is 5.78. The van der Waals surface area contributed by atoms with E-state index in [1.54, 1.807) is 6.20 Å². The fourth-order valence-electron chi connectivity index (χ4n) is 3.29. The van der Waals surface area contributed by atoms with Crippen molar-refractivity contribution in [2.75, 3.05) is 43.1 Å². The Morgan fingerprint density at radius 2 is 1.88 bits per heavy atom. The van der Waals surface area contributed by atoms with Gasteiger partial charge < -0.3 is 24.4 Å². The van der Waals surface area contributed by atoms with Crippen LogP contribution < -0.4 is 15.0 Å². The fraction of sp³-hybridized carbons (Fsp3) is 0.500. The van der Waals surface area contributed by atoms with Gasteiger partial charge in [-0.25, -0.2) is 0 Å². The summed E-state index contributed by atoms with van der Waals surface area (Å²) in [5.74, 6) is 1.73. The van der Waals surface area contributed by atoms with Crippen LogP contribution in [0.4, 0.5) is 17.5 Å². The molecule has 0 radical (unpaired) electrons. The molecule has 1 aromatic heterocycles. The first kappa shape index (κ1) is 17.0. The fourth-order valence-corrected chi connectivity index (χ4v) is 3.29. The molecule has 1 aromatic carbocycles. The lowest BCUT2D eigenvalue weighted by Gasteiger charge is -2.37. The molecule has 1 spiro atoms. The van der Waals surface area contributed by atoms with Gasteiger partial charge in [-0.05, 0) is 31.2 Å². The van der Waals surface area contributed by atoms with Crippen molar-refractivity contribution in [3.8, 4) is 5.75 Å². The highest BCUT2D eigenvalue weighted by molar-refractivity contribution is 5.55. The molecule has 2 aliphatic heterocycles. The van der Waals surface area contributed by atoms with E-state index in [0.29, 0.717) is 25.8 Å². The number of nitrogens with one attached hydrogen (secondary N) is 1. The first-order chi connectivity index (χ1) is 12.8. The summed E-state index contributed by atoms with van der Waals surface area (Å²) < 4.78 is 17.0. The first-order valence-corrected chi connectivity index (χ1v) is 8.99. The van der Waals surface area contributed by atoms with Gasteiger partial charge in [0.05, 0.1) is 26.0 Å². The van der Waals surface area contributed by atoms with Crippen LogP contribution in [0, 0.1) is 0 Å². The molecule has 0 bridgehead atoms. The summed E-state index contributed by atoms with van der Waals surface area (Å²) in [6.07, 6.45) is 3.36. The van der Waals surface area contributed by atoms with Gasteiger partial charge in [0.2, 0.25) is 5.95 Å². The van der Waals surface area contributed by atoms with Gasteiger partial charge in [0.25, 0.3) is 0 Å². The van der Waals surface area contributed by atoms with Gasteiger partial charge in [-0.1, -0.05) is 0 Å². The van der Waals surface area contributed by atoms with Gasteiger partial charge in [0.15, 0.2) is 11.6 Å². The molecule has 138 valence electrons. The number of aromatic nitrogens is 3. The van der Waals surface area contributed by atoms with E-state index >= 15 is 0 Å². The largest absolute Gasteiger partial charge is 0.494 e. The van der Waals surface area contributed by atoms with E-state index in [1.807, 2.05) is 31.2 Å². The highest BCUT2D eigenvalue weighted by atomic mass is 16.7. The van der Waals surface area contributed by atoms with Crippen LogP contribution in [0.5, 0.6) is 5.75 Å². The normalized spacial score (nSPS) is 18.9. The number of rotatable bonds is 5. The average molecular weight is 357 g/mol. The monoisotopic (exact) mass is 357 g/mol. The van der Waals surface area contributed by atoms with E-state index in [4.69, 9.17) is 14.2 Å². The number of benzene rings is 1. The standard InChI is InChI=1S/C18H23N5O3/c1-2-24-15-5-3-14(4-6-15)20-17-21-16(13-19-22-17)23-9-7-18(8-10-23)25-11-12-26-18/h3-6,13H,2,7-12H2,1H3,(H,20,21,22). The van der Waals surface area contributed by atoms with Crippen LogP contribution in [0.3, 0.4) is 0 Å². The zero-order valence-electron chi connectivity index (χ0n) is 14.9. The summed E-state index contributed by atoms with van der Waals surface area (Å²) >= 11 is 0. The van der Waals surface area contributed by atoms with Crippen molar-refractivity contribution >= 4 is 17.5 Å². The minimum absolute atomic E-state index is 0.389. The van der Waals surface area contributed by atoms with Crippen LogP contribution in [-0.2, 0) is 9.47 Å². The number of nitrogens with zero attached hydrogens (tertiary/aromatic N) is 4. The van der Waals surface area contributed by atoms with Gasteiger partial charge in [-0.15, -0.1) is 5.10 Å². The summed E-state index contributed by atoms with van der Waals surface area (Å²) in [5, 5.41) is 11.4. The molecule has 0 amide bonds. The molecule has 2 fully saturated rings. The summed E-state index contributed by atoms with van der Waals surface area (Å²) in [6.45, 7) is 5.62. The Hall–Kier alpha value is -2.45. The average Bonchev–Trinajstić information content (AvgIpc) is 3.12. The van der Waals surface area contributed by atoms with Crippen LogP contribution in [0.15, 0.2) is 30.5 Å². The molecule has 4 rings (SSSR count). The van der Waals surface area contributed by atoms with Gasteiger partial charge in [0.1, 0.15) is 5.75 Å². The van der Waals surface area contributed by atoms with Crippen LogP contribution in [0.1, 0.15) is 19.8 Å². The third-order valence-corrected chi connectivity index (χ3v) is 4.63. The van der Waals surface area contributed by atoms with E-state index in [0.717, 1.165) is 43.2 Å². The molecule has 2 aromatic rings. The third-order valence-electron chi connectivity index (χ3n) is 4.63. The van der Waals surface area contributed by atoms with Crippen LogP contribution >= 0.6 is 0 Å². The van der Waals surface area contributed by atoms with Crippen LogP contribution in [0.2, 0.25) is 0 Å².